The Balaban J connectivity index is 1.59. The fourth-order valence-electron chi connectivity index (χ4n) is 4.75. The standard InChI is InChI=1S/C22H25N3O2/c1-14-9-18(10-15(2)23-14)22(27)24-11-19-12-25(16(3)26)21(20(19)13-24)17-7-5-4-6-8-17/h4-10,19-21H,11-13H2,1-3H3/t19-,20-,21-/m1/s1. The van der Waals surface area contributed by atoms with E-state index < -0.39 is 0 Å². The lowest BCUT2D eigenvalue weighted by Gasteiger charge is -2.29. The predicted molar refractivity (Wildman–Crippen MR) is 103 cm³/mol. The number of likely N-dealkylation sites (tertiary alicyclic amines) is 2. The van der Waals surface area contributed by atoms with Gasteiger partial charge in [-0.15, -0.1) is 0 Å². The summed E-state index contributed by atoms with van der Waals surface area (Å²) in [6.45, 7) is 7.59. The first-order valence-corrected chi connectivity index (χ1v) is 9.51. The highest BCUT2D eigenvalue weighted by Crippen LogP contribution is 2.45. The van der Waals surface area contributed by atoms with Gasteiger partial charge >= 0.3 is 0 Å². The Hall–Kier alpha value is -2.69. The van der Waals surface area contributed by atoms with Crippen molar-refractivity contribution in [2.45, 2.75) is 26.8 Å². The molecule has 0 saturated carbocycles. The van der Waals surface area contributed by atoms with Crippen molar-refractivity contribution in [1.82, 2.24) is 14.8 Å². The van der Waals surface area contributed by atoms with E-state index in [1.165, 1.54) is 0 Å². The molecule has 1 aromatic carbocycles. The molecule has 2 aliphatic heterocycles. The van der Waals surface area contributed by atoms with Gasteiger partial charge in [-0.2, -0.15) is 0 Å². The summed E-state index contributed by atoms with van der Waals surface area (Å²) in [7, 11) is 0. The van der Waals surface area contributed by atoms with E-state index in [2.05, 4.69) is 17.1 Å². The van der Waals surface area contributed by atoms with Crippen molar-refractivity contribution in [3.8, 4) is 0 Å². The van der Waals surface area contributed by atoms with Crippen LogP contribution < -0.4 is 0 Å². The van der Waals surface area contributed by atoms with Crippen LogP contribution in [0.15, 0.2) is 42.5 Å². The second-order valence-electron chi connectivity index (χ2n) is 7.80. The molecule has 0 unspecified atom stereocenters. The maximum absolute atomic E-state index is 13.1. The number of amides is 2. The van der Waals surface area contributed by atoms with Gasteiger partial charge in [0.1, 0.15) is 0 Å². The normalized spacial score (nSPS) is 24.2. The van der Waals surface area contributed by atoms with E-state index in [1.54, 1.807) is 6.92 Å². The van der Waals surface area contributed by atoms with Gasteiger partial charge in [0, 0.05) is 55.3 Å². The van der Waals surface area contributed by atoms with Gasteiger partial charge in [-0.25, -0.2) is 0 Å². The highest BCUT2D eigenvalue weighted by Gasteiger charge is 2.49. The second kappa shape index (κ2) is 6.80. The van der Waals surface area contributed by atoms with Crippen LogP contribution in [0.5, 0.6) is 0 Å². The van der Waals surface area contributed by atoms with E-state index in [0.29, 0.717) is 24.6 Å². The lowest BCUT2D eigenvalue weighted by Crippen LogP contribution is -2.36. The highest BCUT2D eigenvalue weighted by molar-refractivity contribution is 5.94. The lowest BCUT2D eigenvalue weighted by molar-refractivity contribution is -0.130. The quantitative estimate of drug-likeness (QED) is 0.824. The number of rotatable bonds is 2. The molecule has 1 aromatic heterocycles. The molecule has 3 heterocycles. The number of fused-ring (bicyclic) bond motifs is 1. The molecule has 27 heavy (non-hydrogen) atoms. The molecule has 2 aliphatic rings. The molecule has 0 radical (unpaired) electrons. The summed E-state index contributed by atoms with van der Waals surface area (Å²) < 4.78 is 0. The Bertz CT molecular complexity index is 860. The van der Waals surface area contributed by atoms with E-state index >= 15 is 0 Å². The smallest absolute Gasteiger partial charge is 0.254 e. The molecule has 0 spiro atoms. The van der Waals surface area contributed by atoms with Crippen LogP contribution in [0.1, 0.15) is 40.3 Å². The van der Waals surface area contributed by atoms with Crippen LogP contribution in [0.25, 0.3) is 0 Å². The van der Waals surface area contributed by atoms with E-state index in [4.69, 9.17) is 0 Å². The van der Waals surface area contributed by atoms with E-state index in [1.807, 2.05) is 54.0 Å². The minimum absolute atomic E-state index is 0.0485. The number of hydrogen-bond acceptors (Lipinski definition) is 3. The van der Waals surface area contributed by atoms with Crippen molar-refractivity contribution >= 4 is 11.8 Å². The van der Waals surface area contributed by atoms with Crippen LogP contribution in [0.2, 0.25) is 0 Å². The number of benzene rings is 1. The fourth-order valence-corrected chi connectivity index (χ4v) is 4.75. The molecule has 0 N–H and O–H groups in total. The first kappa shape index (κ1) is 17.7. The molecule has 0 bridgehead atoms. The third kappa shape index (κ3) is 3.22. The van der Waals surface area contributed by atoms with Crippen molar-refractivity contribution in [2.24, 2.45) is 11.8 Å². The van der Waals surface area contributed by atoms with Crippen molar-refractivity contribution in [3.05, 3.63) is 65.0 Å². The van der Waals surface area contributed by atoms with Crippen LogP contribution in [0.4, 0.5) is 0 Å². The van der Waals surface area contributed by atoms with Gasteiger partial charge in [0.15, 0.2) is 0 Å². The van der Waals surface area contributed by atoms with Crippen LogP contribution in [0, 0.1) is 25.7 Å². The highest BCUT2D eigenvalue weighted by atomic mass is 16.2. The third-order valence-corrected chi connectivity index (χ3v) is 5.83. The summed E-state index contributed by atoms with van der Waals surface area (Å²) in [5, 5.41) is 0. The molecule has 3 atom stereocenters. The molecule has 2 saturated heterocycles. The summed E-state index contributed by atoms with van der Waals surface area (Å²) in [4.78, 5) is 33.6. The van der Waals surface area contributed by atoms with Crippen LogP contribution in [0.3, 0.4) is 0 Å². The summed E-state index contributed by atoms with van der Waals surface area (Å²) in [6, 6.07) is 14.0. The average molecular weight is 363 g/mol. The average Bonchev–Trinajstić information content (AvgIpc) is 3.18. The first-order valence-electron chi connectivity index (χ1n) is 9.51. The zero-order valence-electron chi connectivity index (χ0n) is 16.1. The Morgan fingerprint density at radius 2 is 1.67 bits per heavy atom. The zero-order valence-corrected chi connectivity index (χ0v) is 16.1. The minimum Gasteiger partial charge on any atom is -0.338 e. The van der Waals surface area contributed by atoms with Crippen LogP contribution >= 0.6 is 0 Å². The molecule has 2 aromatic rings. The maximum atomic E-state index is 13.1. The van der Waals surface area contributed by atoms with Gasteiger partial charge < -0.3 is 9.80 Å². The molecule has 4 rings (SSSR count). The zero-order chi connectivity index (χ0) is 19.1. The van der Waals surface area contributed by atoms with Gasteiger partial charge in [0.05, 0.1) is 6.04 Å². The molecular formula is C22H25N3O2. The monoisotopic (exact) mass is 363 g/mol. The third-order valence-electron chi connectivity index (χ3n) is 5.83. The molecule has 5 heteroatoms. The first-order chi connectivity index (χ1) is 12.9. The Kier molecular flexibility index (Phi) is 4.46. The van der Waals surface area contributed by atoms with Crippen LogP contribution in [-0.2, 0) is 4.79 Å². The summed E-state index contributed by atoms with van der Waals surface area (Å²) >= 11 is 0. The maximum Gasteiger partial charge on any atom is 0.254 e. The molecule has 2 fully saturated rings. The van der Waals surface area contributed by atoms with Gasteiger partial charge in [-0.1, -0.05) is 30.3 Å². The minimum atomic E-state index is 0.0485. The van der Waals surface area contributed by atoms with E-state index in [9.17, 15) is 9.59 Å². The summed E-state index contributed by atoms with van der Waals surface area (Å²) in [6.07, 6.45) is 0. The number of nitrogens with zero attached hydrogens (tertiary/aromatic N) is 3. The number of aryl methyl sites for hydroxylation is 2. The number of carbonyl (C=O) groups is 2. The molecule has 5 nitrogen and oxygen atoms in total. The fraction of sp³-hybridized carbons (Fsp3) is 0.409. The van der Waals surface area contributed by atoms with Crippen molar-refractivity contribution < 1.29 is 9.59 Å². The predicted octanol–water partition coefficient (Wildman–Crippen LogP) is 2.99. The SMILES string of the molecule is CC(=O)N1C[C@H]2CN(C(=O)c3cc(C)nc(C)c3)C[C@H]2[C@H]1c1ccccc1. The lowest BCUT2D eigenvalue weighted by atomic mass is 9.89. The number of hydrogen-bond donors (Lipinski definition) is 0. The molecule has 140 valence electrons. The molecule has 2 amide bonds. The number of aromatic nitrogens is 1. The second-order valence-corrected chi connectivity index (χ2v) is 7.80. The van der Waals surface area contributed by atoms with Crippen molar-refractivity contribution in [2.75, 3.05) is 19.6 Å². The Morgan fingerprint density at radius 3 is 2.30 bits per heavy atom. The Morgan fingerprint density at radius 1 is 1.00 bits per heavy atom. The van der Waals surface area contributed by atoms with Crippen LogP contribution in [-0.4, -0.2) is 46.2 Å². The van der Waals surface area contributed by atoms with E-state index in [-0.39, 0.29) is 23.8 Å². The summed E-state index contributed by atoms with van der Waals surface area (Å²) in [5.74, 6) is 0.784. The van der Waals surface area contributed by atoms with E-state index in [0.717, 1.165) is 23.5 Å². The molecular weight excluding hydrogens is 338 g/mol. The summed E-state index contributed by atoms with van der Waals surface area (Å²) in [5.41, 5.74) is 3.59. The van der Waals surface area contributed by atoms with Gasteiger partial charge in [0.25, 0.3) is 5.91 Å². The van der Waals surface area contributed by atoms with Gasteiger partial charge in [-0.05, 0) is 31.5 Å². The number of carbonyl (C=O) groups excluding carboxylic acids is 2. The van der Waals surface area contributed by atoms with Crippen molar-refractivity contribution in [1.29, 1.82) is 0 Å². The van der Waals surface area contributed by atoms with Gasteiger partial charge in [-0.3, -0.25) is 14.6 Å². The largest absolute Gasteiger partial charge is 0.338 e. The van der Waals surface area contributed by atoms with Gasteiger partial charge in [0.2, 0.25) is 5.91 Å². The van der Waals surface area contributed by atoms with Crippen molar-refractivity contribution in [3.63, 3.8) is 0 Å². The topological polar surface area (TPSA) is 53.5 Å². The number of pyridine rings is 1. The molecule has 0 aliphatic carbocycles. The Labute approximate surface area is 160 Å².